The third-order valence-electron chi connectivity index (χ3n) is 5.86. The summed E-state index contributed by atoms with van der Waals surface area (Å²) in [6.07, 6.45) is 0.619. The molecule has 0 aliphatic rings. The first-order valence-electron chi connectivity index (χ1n) is 12.0. The molecule has 8 nitrogen and oxygen atoms in total. The zero-order valence-corrected chi connectivity index (χ0v) is 23.0. The maximum atomic E-state index is 14.1. The molecule has 2 N–H and O–H groups in total. The molecule has 0 aromatic heterocycles. The zero-order valence-electron chi connectivity index (χ0n) is 21.4. The van der Waals surface area contributed by atoms with Crippen molar-refractivity contribution in [1.82, 2.24) is 4.90 Å². The van der Waals surface area contributed by atoms with Crippen LogP contribution in [0.1, 0.15) is 18.0 Å². The Bertz CT molecular complexity index is 1510. The molecule has 0 bridgehead atoms. The number of carboxylic acid groups (broad SMARTS) is 2. The smallest absolute Gasteiger partial charge is 0.414 e. The summed E-state index contributed by atoms with van der Waals surface area (Å²) < 4.78 is 29.7. The van der Waals surface area contributed by atoms with Crippen LogP contribution >= 0.6 is 11.6 Å². The summed E-state index contributed by atoms with van der Waals surface area (Å²) in [5.41, 5.74) is 1.53. The summed E-state index contributed by atoms with van der Waals surface area (Å²) in [6, 6.07) is 29.5. The number of benzene rings is 4. The molecule has 0 radical (unpaired) electrons. The van der Waals surface area contributed by atoms with Gasteiger partial charge in [0.25, 0.3) is 10.0 Å². The Morgan fingerprint density at radius 3 is 1.92 bits per heavy atom. The van der Waals surface area contributed by atoms with E-state index in [1.54, 1.807) is 28.6 Å². The highest BCUT2D eigenvalue weighted by Crippen LogP contribution is 2.37. The van der Waals surface area contributed by atoms with E-state index < -0.39 is 28.0 Å². The Morgan fingerprint density at radius 2 is 1.36 bits per heavy atom. The minimum Gasteiger partial charge on any atom is -0.473 e. The van der Waals surface area contributed by atoms with Gasteiger partial charge in [0.15, 0.2) is 0 Å². The fourth-order valence-electron chi connectivity index (χ4n) is 3.99. The van der Waals surface area contributed by atoms with Gasteiger partial charge >= 0.3 is 11.9 Å². The predicted molar refractivity (Wildman–Crippen MR) is 153 cm³/mol. The first-order valence-corrected chi connectivity index (χ1v) is 13.8. The molecule has 1 unspecified atom stereocenters. The molecule has 0 heterocycles. The summed E-state index contributed by atoms with van der Waals surface area (Å²) in [5, 5.41) is 17.5. The lowest BCUT2D eigenvalue weighted by Gasteiger charge is -2.34. The van der Waals surface area contributed by atoms with Crippen LogP contribution in [0.4, 0.5) is 5.69 Å². The van der Waals surface area contributed by atoms with Gasteiger partial charge in [-0.25, -0.2) is 18.0 Å². The van der Waals surface area contributed by atoms with Crippen LogP contribution in [0, 0.1) is 0 Å². The van der Waals surface area contributed by atoms with Crippen molar-refractivity contribution in [3.8, 4) is 0 Å². The predicted octanol–water partition coefficient (Wildman–Crippen LogP) is 5.54. The standard InChI is InChI=1S/C27H27ClN2O2S.C2H2O4/c1-29(2)19-18-27(22-12-15-24(28)16-13-22)30(33(31,32)26-10-4-3-5-11-26)25-17-14-21-8-6-7-9-23(21)20-25;3-1(4)2(5)6/h3-17,20,27H,18-19H2,1-2H3;(H,3,4)(H,5,6). The third kappa shape index (κ3) is 7.79. The SMILES string of the molecule is CN(C)CCC(c1ccc(Cl)cc1)N(c1ccc2ccccc2c1)S(=O)(=O)c1ccccc1.O=C(O)C(=O)O. The Labute approximate surface area is 232 Å². The van der Waals surface area contributed by atoms with E-state index in [2.05, 4.69) is 4.90 Å². The van der Waals surface area contributed by atoms with Crippen molar-refractivity contribution >= 4 is 50.0 Å². The summed E-state index contributed by atoms with van der Waals surface area (Å²) in [6.45, 7) is 0.724. The minimum atomic E-state index is -3.85. The average Bonchev–Trinajstić information content (AvgIpc) is 2.92. The molecule has 0 saturated heterocycles. The second-order valence-corrected chi connectivity index (χ2v) is 11.2. The van der Waals surface area contributed by atoms with E-state index in [4.69, 9.17) is 31.4 Å². The fourth-order valence-corrected chi connectivity index (χ4v) is 5.80. The van der Waals surface area contributed by atoms with Gasteiger partial charge in [0, 0.05) is 5.02 Å². The van der Waals surface area contributed by atoms with Gasteiger partial charge in [0.2, 0.25) is 0 Å². The number of rotatable bonds is 8. The number of hydrogen-bond donors (Lipinski definition) is 2. The van der Waals surface area contributed by atoms with Crippen LogP contribution in [0.3, 0.4) is 0 Å². The van der Waals surface area contributed by atoms with Gasteiger partial charge in [-0.1, -0.05) is 72.3 Å². The van der Waals surface area contributed by atoms with Crippen LogP contribution in [0.2, 0.25) is 5.02 Å². The molecular weight excluding hydrogens is 540 g/mol. The summed E-state index contributed by atoms with van der Waals surface area (Å²) in [4.78, 5) is 20.5. The van der Waals surface area contributed by atoms with Crippen molar-refractivity contribution in [1.29, 1.82) is 0 Å². The van der Waals surface area contributed by atoms with Crippen LogP contribution in [0.25, 0.3) is 10.8 Å². The highest BCUT2D eigenvalue weighted by molar-refractivity contribution is 7.92. The summed E-state index contributed by atoms with van der Waals surface area (Å²) in [7, 11) is 0.136. The van der Waals surface area contributed by atoms with Crippen molar-refractivity contribution in [3.63, 3.8) is 0 Å². The van der Waals surface area contributed by atoms with Gasteiger partial charge in [-0.3, -0.25) is 4.31 Å². The van der Waals surface area contributed by atoms with E-state index in [1.807, 2.05) is 86.9 Å². The van der Waals surface area contributed by atoms with Crippen LogP contribution in [0.5, 0.6) is 0 Å². The number of hydrogen-bond acceptors (Lipinski definition) is 5. The molecule has 0 spiro atoms. The normalized spacial score (nSPS) is 11.9. The van der Waals surface area contributed by atoms with Crippen molar-refractivity contribution < 1.29 is 28.2 Å². The molecule has 0 aliphatic heterocycles. The first-order chi connectivity index (χ1) is 18.5. The molecule has 10 heteroatoms. The van der Waals surface area contributed by atoms with Gasteiger partial charge < -0.3 is 15.1 Å². The van der Waals surface area contributed by atoms with Crippen molar-refractivity contribution in [2.45, 2.75) is 17.4 Å². The van der Waals surface area contributed by atoms with Crippen LogP contribution in [-0.4, -0.2) is 56.1 Å². The molecule has 4 aromatic carbocycles. The topological polar surface area (TPSA) is 115 Å². The number of halogens is 1. The number of sulfonamides is 1. The average molecular weight is 569 g/mol. The third-order valence-corrected chi connectivity index (χ3v) is 7.96. The van der Waals surface area contributed by atoms with E-state index in [0.29, 0.717) is 17.1 Å². The second kappa shape index (κ2) is 13.2. The van der Waals surface area contributed by atoms with Crippen LogP contribution in [-0.2, 0) is 19.6 Å². The Hall–Kier alpha value is -3.92. The lowest BCUT2D eigenvalue weighted by Crippen LogP contribution is -2.36. The lowest BCUT2D eigenvalue weighted by molar-refractivity contribution is -0.159. The molecule has 0 aliphatic carbocycles. The van der Waals surface area contributed by atoms with E-state index in [-0.39, 0.29) is 4.90 Å². The molecule has 1 atom stereocenters. The number of carbonyl (C=O) groups is 2. The van der Waals surface area contributed by atoms with Crippen molar-refractivity contribution in [3.05, 3.63) is 108 Å². The number of aliphatic carboxylic acids is 2. The van der Waals surface area contributed by atoms with E-state index in [1.165, 1.54) is 0 Å². The fraction of sp³-hybridized carbons (Fsp3) is 0.172. The summed E-state index contributed by atoms with van der Waals surface area (Å²) in [5.74, 6) is -3.65. The van der Waals surface area contributed by atoms with Gasteiger partial charge in [0.1, 0.15) is 0 Å². The van der Waals surface area contributed by atoms with E-state index >= 15 is 0 Å². The van der Waals surface area contributed by atoms with Crippen molar-refractivity contribution in [2.75, 3.05) is 24.9 Å². The molecule has 39 heavy (non-hydrogen) atoms. The largest absolute Gasteiger partial charge is 0.473 e. The maximum Gasteiger partial charge on any atom is 0.414 e. The second-order valence-electron chi connectivity index (χ2n) is 8.91. The molecule has 4 rings (SSSR count). The Morgan fingerprint density at radius 1 is 0.795 bits per heavy atom. The monoisotopic (exact) mass is 568 g/mol. The molecule has 0 saturated carbocycles. The van der Waals surface area contributed by atoms with Crippen LogP contribution < -0.4 is 4.31 Å². The van der Waals surface area contributed by atoms with Crippen LogP contribution in [0.15, 0.2) is 102 Å². The summed E-state index contributed by atoms with van der Waals surface area (Å²) >= 11 is 6.15. The number of fused-ring (bicyclic) bond motifs is 1. The highest BCUT2D eigenvalue weighted by Gasteiger charge is 2.33. The molecular formula is C29H29ClN2O6S. The minimum absolute atomic E-state index is 0.266. The van der Waals surface area contributed by atoms with E-state index in [0.717, 1.165) is 22.9 Å². The number of nitrogens with zero attached hydrogens (tertiary/aromatic N) is 2. The first kappa shape index (κ1) is 29.6. The number of carboxylic acids is 2. The van der Waals surface area contributed by atoms with Gasteiger partial charge in [-0.05, 0) is 79.8 Å². The van der Waals surface area contributed by atoms with E-state index in [9.17, 15) is 8.42 Å². The highest BCUT2D eigenvalue weighted by atomic mass is 35.5. The molecule has 0 amide bonds. The maximum absolute atomic E-state index is 14.1. The van der Waals surface area contributed by atoms with Gasteiger partial charge in [-0.15, -0.1) is 0 Å². The molecule has 204 valence electrons. The van der Waals surface area contributed by atoms with Crippen molar-refractivity contribution in [2.24, 2.45) is 0 Å². The zero-order chi connectivity index (χ0) is 28.6. The quantitative estimate of drug-likeness (QED) is 0.268. The molecule has 4 aromatic rings. The molecule has 0 fully saturated rings. The lowest BCUT2D eigenvalue weighted by atomic mass is 10.0. The van der Waals surface area contributed by atoms with Gasteiger partial charge in [-0.2, -0.15) is 0 Å². The Kier molecular flexibility index (Phi) is 10.1. The number of anilines is 1. The van der Waals surface area contributed by atoms with Gasteiger partial charge in [0.05, 0.1) is 16.6 Å². The Balaban J connectivity index is 0.000000631.